The summed E-state index contributed by atoms with van der Waals surface area (Å²) in [5.74, 6) is -4.70. The number of hydrogen-bond acceptors (Lipinski definition) is 6. The Morgan fingerprint density at radius 2 is 1.66 bits per heavy atom. The van der Waals surface area contributed by atoms with Crippen LogP contribution in [0.2, 0.25) is 0 Å². The summed E-state index contributed by atoms with van der Waals surface area (Å²) in [6.45, 7) is 10.7. The highest BCUT2D eigenvalue weighted by atomic mass is 16.3. The Bertz CT molecular complexity index is 1460. The van der Waals surface area contributed by atoms with Gasteiger partial charge in [0.1, 0.15) is 17.3 Å². The number of fused-ring (bicyclic) bond motifs is 3. The number of benzene rings is 2. The predicted molar refractivity (Wildman–Crippen MR) is 144 cm³/mol. The molecule has 2 aromatic carbocycles. The van der Waals surface area contributed by atoms with E-state index in [1.54, 1.807) is 19.1 Å². The number of aliphatic hydroxyl groups excluding tert-OH is 1. The molecule has 0 aliphatic heterocycles. The van der Waals surface area contributed by atoms with Gasteiger partial charge in [-0.25, -0.2) is 0 Å². The van der Waals surface area contributed by atoms with Crippen LogP contribution in [0.5, 0.6) is 5.75 Å². The lowest BCUT2D eigenvalue weighted by molar-refractivity contribution is -0.187. The molecule has 198 valence electrons. The van der Waals surface area contributed by atoms with Crippen LogP contribution < -0.4 is 0 Å². The minimum Gasteiger partial charge on any atom is -0.508 e. The average molecular weight is 515 g/mol. The molecule has 1 fully saturated rings. The number of allylic oxidation sites excluding steroid dienone is 2. The van der Waals surface area contributed by atoms with Gasteiger partial charge in [-0.05, 0) is 54.9 Å². The van der Waals surface area contributed by atoms with Gasteiger partial charge in [0.05, 0.1) is 17.1 Å². The Hall–Kier alpha value is -3.51. The van der Waals surface area contributed by atoms with Crippen LogP contribution in [0.15, 0.2) is 53.8 Å². The molecule has 6 atom stereocenters. The van der Waals surface area contributed by atoms with E-state index in [-0.39, 0.29) is 28.6 Å². The van der Waals surface area contributed by atoms with Gasteiger partial charge in [-0.2, -0.15) is 0 Å². The zero-order valence-electron chi connectivity index (χ0n) is 22.6. The van der Waals surface area contributed by atoms with Crippen molar-refractivity contribution in [3.63, 3.8) is 0 Å². The van der Waals surface area contributed by atoms with Crippen molar-refractivity contribution in [2.24, 2.45) is 28.6 Å². The summed E-state index contributed by atoms with van der Waals surface area (Å²) in [6.07, 6.45) is 2.25. The number of phenolic OH excluding ortho intramolecular Hbond substituents is 1. The molecule has 3 N–H and O–H groups in total. The number of hydrogen-bond donors (Lipinski definition) is 3. The first kappa shape index (κ1) is 26.1. The molecule has 0 bridgehead atoms. The average Bonchev–Trinajstić information content (AvgIpc) is 2.84. The first-order valence-corrected chi connectivity index (χ1v) is 13.1. The maximum absolute atomic E-state index is 14.1. The molecule has 6 nitrogen and oxygen atoms in total. The molecule has 38 heavy (non-hydrogen) atoms. The summed E-state index contributed by atoms with van der Waals surface area (Å²) in [7, 11) is 0. The molecule has 0 aromatic heterocycles. The number of aryl methyl sites for hydroxylation is 1. The molecule has 6 heteroatoms. The van der Waals surface area contributed by atoms with Crippen molar-refractivity contribution in [1.29, 1.82) is 0 Å². The van der Waals surface area contributed by atoms with Gasteiger partial charge in [-0.1, -0.05) is 75.7 Å². The fraction of sp³-hybridized carbons (Fsp3) is 0.406. The van der Waals surface area contributed by atoms with Crippen molar-refractivity contribution in [2.45, 2.75) is 53.6 Å². The van der Waals surface area contributed by atoms with Crippen molar-refractivity contribution in [1.82, 2.24) is 0 Å². The van der Waals surface area contributed by atoms with E-state index in [1.807, 2.05) is 58.0 Å². The van der Waals surface area contributed by atoms with Gasteiger partial charge in [-0.3, -0.25) is 14.4 Å². The highest BCUT2D eigenvalue weighted by Crippen LogP contribution is 2.68. The van der Waals surface area contributed by atoms with Crippen molar-refractivity contribution in [3.05, 3.63) is 76.1 Å². The zero-order valence-corrected chi connectivity index (χ0v) is 22.6. The first-order chi connectivity index (χ1) is 17.7. The van der Waals surface area contributed by atoms with Crippen LogP contribution >= 0.6 is 0 Å². The highest BCUT2D eigenvalue weighted by Gasteiger charge is 2.72. The quantitative estimate of drug-likeness (QED) is 0.459. The zero-order chi connectivity index (χ0) is 27.9. The molecule has 0 spiro atoms. The molecule has 5 rings (SSSR count). The molecule has 6 unspecified atom stereocenters. The van der Waals surface area contributed by atoms with Crippen LogP contribution in [0.3, 0.4) is 0 Å². The lowest BCUT2D eigenvalue weighted by Crippen LogP contribution is -2.69. The van der Waals surface area contributed by atoms with Gasteiger partial charge >= 0.3 is 0 Å². The Kier molecular flexibility index (Phi) is 5.66. The van der Waals surface area contributed by atoms with E-state index in [0.717, 1.165) is 11.1 Å². The van der Waals surface area contributed by atoms with Crippen LogP contribution in [0.25, 0.3) is 11.6 Å². The van der Waals surface area contributed by atoms with Gasteiger partial charge in [0.2, 0.25) is 0 Å². The summed E-state index contributed by atoms with van der Waals surface area (Å²) in [5.41, 5.74) is -1.59. The maximum atomic E-state index is 14.1. The molecule has 0 radical (unpaired) electrons. The van der Waals surface area contributed by atoms with E-state index in [4.69, 9.17) is 0 Å². The van der Waals surface area contributed by atoms with E-state index in [1.165, 1.54) is 13.0 Å². The molecule has 0 saturated heterocycles. The second-order valence-electron chi connectivity index (χ2n) is 11.9. The second kappa shape index (κ2) is 8.24. The third-order valence-corrected chi connectivity index (χ3v) is 9.87. The summed E-state index contributed by atoms with van der Waals surface area (Å²) >= 11 is 0. The summed E-state index contributed by atoms with van der Waals surface area (Å²) in [5, 5.41) is 34.8. The number of carbonyl (C=O) groups excluding carboxylic acids is 3. The lowest BCUT2D eigenvalue weighted by atomic mass is 9.41. The summed E-state index contributed by atoms with van der Waals surface area (Å²) in [4.78, 5) is 40.4. The largest absolute Gasteiger partial charge is 0.508 e. The van der Waals surface area contributed by atoms with Gasteiger partial charge in [0.25, 0.3) is 0 Å². The van der Waals surface area contributed by atoms with Gasteiger partial charge in [-0.15, -0.1) is 0 Å². The minimum absolute atomic E-state index is 0.0176. The van der Waals surface area contributed by atoms with Gasteiger partial charge in [0, 0.05) is 10.8 Å². The minimum atomic E-state index is -2.42. The summed E-state index contributed by atoms with van der Waals surface area (Å²) < 4.78 is 0. The third-order valence-electron chi connectivity index (χ3n) is 9.87. The van der Waals surface area contributed by atoms with E-state index >= 15 is 0 Å². The number of aromatic hydroxyl groups is 1. The van der Waals surface area contributed by atoms with Crippen molar-refractivity contribution in [2.75, 3.05) is 0 Å². The number of aliphatic hydroxyl groups is 2. The standard InChI is InChI=1S/C32H34O6/c1-16-10-12-20(13-11-16)14-22-21-8-7-9-23(34)25(21)27(35)26-29(37)32(38)28(36)24(18(3)33)17(2)15-30(32,5)19(4)31(22,26)6/h7-14,17,19,24,34,37-38H,15H2,1-6H3/b22-14+. The summed E-state index contributed by atoms with van der Waals surface area (Å²) in [6, 6.07) is 12.7. The molecular weight excluding hydrogens is 480 g/mol. The SMILES string of the molecule is CC(=O)C1C(=O)C2(O)C(O)=C3C(=O)c4c(O)cccc4/C(=C\c4ccc(C)cc4)C3(C)C(C)C2(C)CC1C. The molecule has 2 aromatic rings. The van der Waals surface area contributed by atoms with Crippen molar-refractivity contribution in [3.8, 4) is 5.75 Å². The lowest BCUT2D eigenvalue weighted by Gasteiger charge is -2.62. The van der Waals surface area contributed by atoms with Crippen molar-refractivity contribution >= 4 is 29.0 Å². The molecule has 3 aliphatic rings. The third kappa shape index (κ3) is 3.07. The molecule has 1 saturated carbocycles. The topological polar surface area (TPSA) is 112 Å². The number of phenols is 1. The number of carbonyl (C=O) groups is 3. The van der Waals surface area contributed by atoms with E-state index < -0.39 is 45.6 Å². The van der Waals surface area contributed by atoms with E-state index in [9.17, 15) is 29.7 Å². The molecule has 0 amide bonds. The van der Waals surface area contributed by atoms with Gasteiger partial charge in [0.15, 0.2) is 17.2 Å². The molecular formula is C32H34O6. The Balaban J connectivity index is 1.89. The number of ketones is 3. The van der Waals surface area contributed by atoms with Crippen LogP contribution in [0.1, 0.15) is 68.1 Å². The van der Waals surface area contributed by atoms with Crippen LogP contribution in [0.4, 0.5) is 0 Å². The highest BCUT2D eigenvalue weighted by molar-refractivity contribution is 6.21. The predicted octanol–water partition coefficient (Wildman–Crippen LogP) is 5.46. The van der Waals surface area contributed by atoms with Crippen LogP contribution in [-0.4, -0.2) is 38.3 Å². The monoisotopic (exact) mass is 514 g/mol. The van der Waals surface area contributed by atoms with Crippen molar-refractivity contribution < 1.29 is 29.7 Å². The number of Topliss-reactive ketones (excluding diaryl/α,β-unsaturated/α-hetero) is 3. The van der Waals surface area contributed by atoms with Crippen LogP contribution in [-0.2, 0) is 9.59 Å². The van der Waals surface area contributed by atoms with Crippen LogP contribution in [0, 0.1) is 35.5 Å². The fourth-order valence-electron chi connectivity index (χ4n) is 7.62. The maximum Gasteiger partial charge on any atom is 0.197 e. The Morgan fingerprint density at radius 1 is 1.03 bits per heavy atom. The second-order valence-corrected chi connectivity index (χ2v) is 11.9. The number of rotatable bonds is 2. The first-order valence-electron chi connectivity index (χ1n) is 13.1. The molecule has 3 aliphatic carbocycles. The Labute approximate surface area is 222 Å². The normalized spacial score (nSPS) is 35.6. The Morgan fingerprint density at radius 3 is 2.26 bits per heavy atom. The smallest absolute Gasteiger partial charge is 0.197 e. The van der Waals surface area contributed by atoms with Gasteiger partial charge < -0.3 is 15.3 Å². The fourth-order valence-corrected chi connectivity index (χ4v) is 7.62. The molecule has 0 heterocycles. The van der Waals surface area contributed by atoms with E-state index in [0.29, 0.717) is 17.6 Å². The van der Waals surface area contributed by atoms with E-state index in [2.05, 4.69) is 0 Å².